The smallest absolute Gasteiger partial charge is 0.193 e. The summed E-state index contributed by atoms with van der Waals surface area (Å²) in [7, 11) is 1.71. The lowest BCUT2D eigenvalue weighted by atomic mass is 10.1. The normalized spacial score (nSPS) is 16.5. The van der Waals surface area contributed by atoms with E-state index in [1.54, 1.807) is 7.11 Å². The van der Waals surface area contributed by atoms with Gasteiger partial charge in [0.25, 0.3) is 0 Å². The summed E-state index contributed by atoms with van der Waals surface area (Å²) in [6.45, 7) is 7.47. The maximum absolute atomic E-state index is 9.64. The third-order valence-corrected chi connectivity index (χ3v) is 4.23. The molecule has 0 amide bonds. The molecule has 0 unspecified atom stereocenters. The van der Waals surface area contributed by atoms with Crippen molar-refractivity contribution in [2.75, 3.05) is 33.3 Å². The maximum atomic E-state index is 9.64. The Morgan fingerprint density at radius 1 is 1.39 bits per heavy atom. The fourth-order valence-electron chi connectivity index (χ4n) is 2.81. The zero-order valence-corrected chi connectivity index (χ0v) is 14.5. The molecule has 1 aromatic rings. The number of nitrogens with one attached hydrogen (secondary N) is 1. The van der Waals surface area contributed by atoms with Crippen LogP contribution in [0.5, 0.6) is 5.75 Å². The van der Waals surface area contributed by atoms with Crippen LogP contribution in [0.2, 0.25) is 0 Å². The molecule has 1 heterocycles. The van der Waals surface area contributed by atoms with Crippen LogP contribution in [0.1, 0.15) is 30.9 Å². The monoisotopic (exact) mass is 319 g/mol. The molecule has 0 aromatic heterocycles. The summed E-state index contributed by atoms with van der Waals surface area (Å²) in [5.74, 6) is 1.89. The summed E-state index contributed by atoms with van der Waals surface area (Å²) >= 11 is 0. The van der Waals surface area contributed by atoms with Crippen LogP contribution in [0.3, 0.4) is 0 Å². The Hall–Kier alpha value is -1.75. The number of likely N-dealkylation sites (tertiary alicyclic amines) is 1. The van der Waals surface area contributed by atoms with Gasteiger partial charge < -0.3 is 20.1 Å². The van der Waals surface area contributed by atoms with Crippen LogP contribution in [0.15, 0.2) is 23.2 Å². The molecule has 128 valence electrons. The zero-order chi connectivity index (χ0) is 16.7. The first-order chi connectivity index (χ1) is 11.1. The van der Waals surface area contributed by atoms with Crippen molar-refractivity contribution in [3.63, 3.8) is 0 Å². The van der Waals surface area contributed by atoms with E-state index >= 15 is 0 Å². The van der Waals surface area contributed by atoms with E-state index in [1.165, 1.54) is 5.56 Å². The highest BCUT2D eigenvalue weighted by molar-refractivity contribution is 5.80. The van der Waals surface area contributed by atoms with E-state index in [0.29, 0.717) is 0 Å². The maximum Gasteiger partial charge on any atom is 0.193 e. The van der Waals surface area contributed by atoms with Crippen molar-refractivity contribution >= 4 is 5.96 Å². The molecule has 2 rings (SSSR count). The van der Waals surface area contributed by atoms with Gasteiger partial charge in [-0.15, -0.1) is 0 Å². The summed E-state index contributed by atoms with van der Waals surface area (Å²) in [5, 5.41) is 13.0. The van der Waals surface area contributed by atoms with E-state index in [1.807, 2.05) is 0 Å². The average molecular weight is 319 g/mol. The van der Waals surface area contributed by atoms with E-state index in [-0.39, 0.29) is 6.10 Å². The fraction of sp³-hybridized carbons (Fsp3) is 0.611. The van der Waals surface area contributed by atoms with Gasteiger partial charge in [-0.2, -0.15) is 0 Å². The highest BCUT2D eigenvalue weighted by Crippen LogP contribution is 2.19. The van der Waals surface area contributed by atoms with E-state index in [0.717, 1.165) is 62.7 Å². The number of rotatable bonds is 5. The minimum Gasteiger partial charge on any atom is -0.496 e. The van der Waals surface area contributed by atoms with Gasteiger partial charge in [0.15, 0.2) is 5.96 Å². The van der Waals surface area contributed by atoms with Gasteiger partial charge in [-0.05, 0) is 50.3 Å². The summed E-state index contributed by atoms with van der Waals surface area (Å²) < 4.78 is 5.38. The molecule has 1 aliphatic rings. The Labute approximate surface area is 139 Å². The summed E-state index contributed by atoms with van der Waals surface area (Å²) in [4.78, 5) is 6.99. The molecule has 0 spiro atoms. The second-order valence-electron chi connectivity index (χ2n) is 6.01. The molecule has 5 heteroatoms. The Balaban J connectivity index is 1.95. The number of methoxy groups -OCH3 is 1. The lowest BCUT2D eigenvalue weighted by Crippen LogP contribution is -2.46. The standard InChI is InChI=1S/C18H29N3O2/c1-4-19-18(21-11-8-16(22)9-12-21)20-10-7-15-6-5-14(2)17(13-15)23-3/h5-6,13,16,22H,4,7-12H2,1-3H3,(H,19,20). The lowest BCUT2D eigenvalue weighted by Gasteiger charge is -2.32. The number of guanidine groups is 1. The first kappa shape index (κ1) is 17.6. The summed E-state index contributed by atoms with van der Waals surface area (Å²) in [6.07, 6.45) is 2.37. The van der Waals surface area contributed by atoms with Crippen molar-refractivity contribution in [3.8, 4) is 5.75 Å². The SMILES string of the molecule is CCNC(=NCCc1ccc(C)c(OC)c1)N1CCC(O)CC1. The first-order valence-corrected chi connectivity index (χ1v) is 8.49. The second kappa shape index (κ2) is 8.77. The highest BCUT2D eigenvalue weighted by Gasteiger charge is 2.19. The van der Waals surface area contributed by atoms with Crippen molar-refractivity contribution in [3.05, 3.63) is 29.3 Å². The Morgan fingerprint density at radius 3 is 2.78 bits per heavy atom. The predicted molar refractivity (Wildman–Crippen MR) is 94.2 cm³/mol. The van der Waals surface area contributed by atoms with Crippen LogP contribution in [-0.2, 0) is 6.42 Å². The number of ether oxygens (including phenoxy) is 1. The van der Waals surface area contributed by atoms with Gasteiger partial charge in [-0.3, -0.25) is 4.99 Å². The largest absolute Gasteiger partial charge is 0.496 e. The molecule has 0 radical (unpaired) electrons. The van der Waals surface area contributed by atoms with Gasteiger partial charge in [0.05, 0.1) is 13.2 Å². The highest BCUT2D eigenvalue weighted by atomic mass is 16.5. The Bertz CT molecular complexity index is 523. The van der Waals surface area contributed by atoms with E-state index in [4.69, 9.17) is 9.73 Å². The van der Waals surface area contributed by atoms with Crippen LogP contribution in [0.4, 0.5) is 0 Å². The minimum absolute atomic E-state index is 0.158. The van der Waals surface area contributed by atoms with Gasteiger partial charge in [-0.25, -0.2) is 0 Å². The molecule has 1 saturated heterocycles. The topological polar surface area (TPSA) is 57.1 Å². The van der Waals surface area contributed by atoms with Gasteiger partial charge in [0, 0.05) is 26.2 Å². The molecule has 0 bridgehead atoms. The third-order valence-electron chi connectivity index (χ3n) is 4.23. The number of benzene rings is 1. The molecule has 5 nitrogen and oxygen atoms in total. The van der Waals surface area contributed by atoms with Crippen molar-refractivity contribution < 1.29 is 9.84 Å². The molecular formula is C18H29N3O2. The van der Waals surface area contributed by atoms with Crippen LogP contribution in [0, 0.1) is 6.92 Å². The quantitative estimate of drug-likeness (QED) is 0.643. The lowest BCUT2D eigenvalue weighted by molar-refractivity contribution is 0.108. The number of piperidine rings is 1. The number of hydrogen-bond acceptors (Lipinski definition) is 3. The zero-order valence-electron chi connectivity index (χ0n) is 14.5. The Kier molecular flexibility index (Phi) is 6.71. The molecule has 0 aliphatic carbocycles. The van der Waals surface area contributed by atoms with Crippen LogP contribution < -0.4 is 10.1 Å². The molecular weight excluding hydrogens is 290 g/mol. The van der Waals surface area contributed by atoms with Gasteiger partial charge in [0.2, 0.25) is 0 Å². The number of aliphatic imine (C=N–C) groups is 1. The summed E-state index contributed by atoms with van der Waals surface area (Å²) in [5.41, 5.74) is 2.39. The molecule has 1 fully saturated rings. The molecule has 23 heavy (non-hydrogen) atoms. The Morgan fingerprint density at radius 2 is 2.13 bits per heavy atom. The average Bonchev–Trinajstić information content (AvgIpc) is 2.56. The van der Waals surface area contributed by atoms with Gasteiger partial charge in [-0.1, -0.05) is 12.1 Å². The molecule has 1 aliphatic heterocycles. The molecule has 0 atom stereocenters. The van der Waals surface area contributed by atoms with Crippen molar-refractivity contribution in [2.45, 2.75) is 39.2 Å². The molecule has 1 aromatic carbocycles. The van der Waals surface area contributed by atoms with Crippen LogP contribution >= 0.6 is 0 Å². The van der Waals surface area contributed by atoms with E-state index in [2.05, 4.69) is 42.3 Å². The van der Waals surface area contributed by atoms with Gasteiger partial charge in [0.1, 0.15) is 5.75 Å². The number of aryl methyl sites for hydroxylation is 1. The van der Waals surface area contributed by atoms with Crippen molar-refractivity contribution in [2.24, 2.45) is 4.99 Å². The van der Waals surface area contributed by atoms with E-state index in [9.17, 15) is 5.11 Å². The molecule has 2 N–H and O–H groups in total. The first-order valence-electron chi connectivity index (χ1n) is 8.49. The van der Waals surface area contributed by atoms with E-state index < -0.39 is 0 Å². The van der Waals surface area contributed by atoms with Crippen LogP contribution in [-0.4, -0.2) is 55.4 Å². The number of aliphatic hydroxyl groups is 1. The number of nitrogens with zero attached hydrogens (tertiary/aromatic N) is 2. The van der Waals surface area contributed by atoms with Gasteiger partial charge >= 0.3 is 0 Å². The van der Waals surface area contributed by atoms with Crippen LogP contribution in [0.25, 0.3) is 0 Å². The van der Waals surface area contributed by atoms with Crippen molar-refractivity contribution in [1.29, 1.82) is 0 Å². The second-order valence-corrected chi connectivity index (χ2v) is 6.01. The predicted octanol–water partition coefficient (Wildman–Crippen LogP) is 1.97. The van der Waals surface area contributed by atoms with Crippen molar-refractivity contribution in [1.82, 2.24) is 10.2 Å². The molecule has 0 saturated carbocycles. The third kappa shape index (κ3) is 5.13. The number of hydrogen-bond donors (Lipinski definition) is 2. The fourth-order valence-corrected chi connectivity index (χ4v) is 2.81. The summed E-state index contributed by atoms with van der Waals surface area (Å²) in [6, 6.07) is 6.32. The number of aliphatic hydroxyl groups excluding tert-OH is 1. The minimum atomic E-state index is -0.158.